The number of aromatic nitrogens is 2. The molecule has 8 heteroatoms. The minimum atomic E-state index is -4.49. The van der Waals surface area contributed by atoms with Crippen molar-refractivity contribution in [2.75, 3.05) is 5.73 Å². The van der Waals surface area contributed by atoms with Gasteiger partial charge in [0.15, 0.2) is 4.77 Å². The zero-order chi connectivity index (χ0) is 14.2. The molecular weight excluding hydrogens is 279 g/mol. The molecule has 0 spiro atoms. The maximum absolute atomic E-state index is 12.6. The summed E-state index contributed by atoms with van der Waals surface area (Å²) in [7, 11) is 0. The van der Waals surface area contributed by atoms with Crippen molar-refractivity contribution in [1.29, 1.82) is 0 Å². The Morgan fingerprint density at radius 3 is 2.47 bits per heavy atom. The molecule has 2 rings (SSSR count). The lowest BCUT2D eigenvalue weighted by Gasteiger charge is -2.09. The van der Waals surface area contributed by atoms with Gasteiger partial charge in [-0.15, -0.1) is 0 Å². The van der Waals surface area contributed by atoms with E-state index in [1.807, 2.05) is 0 Å². The Morgan fingerprint density at radius 1 is 1.21 bits per heavy atom. The smallest absolute Gasteiger partial charge is 0.385 e. The molecule has 0 radical (unpaired) electrons. The van der Waals surface area contributed by atoms with Crippen molar-refractivity contribution >= 4 is 18.0 Å². The summed E-state index contributed by atoms with van der Waals surface area (Å²) in [6, 6.07) is 4.35. The minimum absolute atomic E-state index is 0.0122. The van der Waals surface area contributed by atoms with E-state index in [0.29, 0.717) is 0 Å². The summed E-state index contributed by atoms with van der Waals surface area (Å²) in [5.41, 5.74) is 4.10. The molecule has 0 aliphatic carbocycles. The summed E-state index contributed by atoms with van der Waals surface area (Å²) in [4.78, 5) is 16.5. The van der Waals surface area contributed by atoms with Crippen molar-refractivity contribution in [1.82, 2.24) is 9.97 Å². The van der Waals surface area contributed by atoms with E-state index in [2.05, 4.69) is 9.97 Å². The zero-order valence-corrected chi connectivity index (χ0v) is 10.2. The van der Waals surface area contributed by atoms with E-state index in [1.165, 1.54) is 12.1 Å². The van der Waals surface area contributed by atoms with Crippen LogP contribution in [-0.2, 0) is 6.18 Å². The first kappa shape index (κ1) is 13.3. The fraction of sp³-hybridized carbons (Fsp3) is 0.0909. The van der Waals surface area contributed by atoms with Crippen LogP contribution < -0.4 is 11.3 Å². The molecule has 19 heavy (non-hydrogen) atoms. The number of halogens is 3. The predicted molar refractivity (Wildman–Crippen MR) is 67.1 cm³/mol. The van der Waals surface area contributed by atoms with E-state index in [0.717, 1.165) is 12.1 Å². The van der Waals surface area contributed by atoms with Crippen molar-refractivity contribution in [3.05, 3.63) is 45.0 Å². The first-order valence-corrected chi connectivity index (χ1v) is 5.49. The third-order valence-electron chi connectivity index (χ3n) is 2.45. The highest BCUT2D eigenvalue weighted by Crippen LogP contribution is 2.32. The number of anilines is 1. The number of benzene rings is 1. The normalized spacial score (nSPS) is 11.5. The number of nitrogen functional groups attached to an aromatic ring is 1. The van der Waals surface area contributed by atoms with Crippen LogP contribution in [0.15, 0.2) is 29.1 Å². The standard InChI is InChI=1S/C11H8F3N3OS/c12-11(13,14)6-3-1-2-5(4-6)7-8(15)16-10(19)17-9(7)18/h1-4H,(H4,15,16,17,18,19). The third-order valence-corrected chi connectivity index (χ3v) is 2.65. The molecule has 2 aromatic rings. The number of rotatable bonds is 1. The summed E-state index contributed by atoms with van der Waals surface area (Å²) < 4.78 is 37.8. The lowest BCUT2D eigenvalue weighted by Crippen LogP contribution is -2.14. The fourth-order valence-corrected chi connectivity index (χ4v) is 1.84. The number of nitrogens with two attached hydrogens (primary N) is 1. The highest BCUT2D eigenvalue weighted by atomic mass is 32.1. The van der Waals surface area contributed by atoms with Crippen molar-refractivity contribution in [2.24, 2.45) is 0 Å². The maximum Gasteiger partial charge on any atom is 0.416 e. The average Bonchev–Trinajstić information content (AvgIpc) is 2.26. The first-order valence-electron chi connectivity index (χ1n) is 5.09. The number of H-pyrrole nitrogens is 2. The lowest BCUT2D eigenvalue weighted by atomic mass is 10.0. The third kappa shape index (κ3) is 2.68. The molecule has 1 aromatic carbocycles. The Balaban J connectivity index is 2.67. The molecule has 1 aromatic heterocycles. The van der Waals surface area contributed by atoms with Gasteiger partial charge in [-0.05, 0) is 29.9 Å². The minimum Gasteiger partial charge on any atom is -0.385 e. The summed E-state index contributed by atoms with van der Waals surface area (Å²) in [6.07, 6.45) is -4.49. The van der Waals surface area contributed by atoms with Gasteiger partial charge in [0.2, 0.25) is 0 Å². The van der Waals surface area contributed by atoms with E-state index < -0.39 is 17.3 Å². The van der Waals surface area contributed by atoms with Crippen LogP contribution in [0, 0.1) is 4.77 Å². The molecule has 0 saturated carbocycles. The molecule has 0 unspecified atom stereocenters. The first-order chi connectivity index (χ1) is 8.79. The van der Waals surface area contributed by atoms with Gasteiger partial charge in [-0.1, -0.05) is 12.1 Å². The second-order valence-electron chi connectivity index (χ2n) is 3.78. The van der Waals surface area contributed by atoms with Crippen LogP contribution in [0.2, 0.25) is 0 Å². The highest BCUT2D eigenvalue weighted by Gasteiger charge is 2.30. The van der Waals surface area contributed by atoms with Gasteiger partial charge < -0.3 is 10.7 Å². The van der Waals surface area contributed by atoms with Crippen LogP contribution in [0.25, 0.3) is 11.1 Å². The van der Waals surface area contributed by atoms with Crippen molar-refractivity contribution in [2.45, 2.75) is 6.18 Å². The van der Waals surface area contributed by atoms with E-state index in [9.17, 15) is 18.0 Å². The summed E-state index contributed by atoms with van der Waals surface area (Å²) in [5.74, 6) is -0.0759. The second kappa shape index (κ2) is 4.54. The largest absolute Gasteiger partial charge is 0.416 e. The number of alkyl halides is 3. The van der Waals surface area contributed by atoms with Crippen LogP contribution in [0.4, 0.5) is 19.0 Å². The van der Waals surface area contributed by atoms with Crippen molar-refractivity contribution in [3.63, 3.8) is 0 Å². The molecule has 0 amide bonds. The molecule has 4 N–H and O–H groups in total. The average molecular weight is 287 g/mol. The van der Waals surface area contributed by atoms with E-state index >= 15 is 0 Å². The Labute approximate surface area is 110 Å². The molecule has 100 valence electrons. The summed E-state index contributed by atoms with van der Waals surface area (Å²) >= 11 is 4.71. The number of aromatic amines is 2. The van der Waals surface area contributed by atoms with Crippen LogP contribution in [0.3, 0.4) is 0 Å². The van der Waals surface area contributed by atoms with Crippen LogP contribution in [0.1, 0.15) is 5.56 Å². The SMILES string of the molecule is Nc1[nH]c(=S)[nH]c(=O)c1-c1cccc(C(F)(F)F)c1. The second-order valence-corrected chi connectivity index (χ2v) is 4.18. The Hall–Kier alpha value is -2.09. The van der Waals surface area contributed by atoms with E-state index in [-0.39, 0.29) is 21.7 Å². The maximum atomic E-state index is 12.6. The Bertz CT molecular complexity index is 733. The number of hydrogen-bond donors (Lipinski definition) is 3. The van der Waals surface area contributed by atoms with Crippen molar-refractivity contribution < 1.29 is 13.2 Å². The molecule has 0 saturated heterocycles. The zero-order valence-electron chi connectivity index (χ0n) is 9.34. The molecule has 0 atom stereocenters. The van der Waals surface area contributed by atoms with Gasteiger partial charge in [-0.3, -0.25) is 9.78 Å². The monoisotopic (exact) mass is 287 g/mol. The van der Waals surface area contributed by atoms with Gasteiger partial charge in [0.05, 0.1) is 11.1 Å². The van der Waals surface area contributed by atoms with Gasteiger partial charge in [0.25, 0.3) is 5.56 Å². The topological polar surface area (TPSA) is 74.7 Å². The van der Waals surface area contributed by atoms with E-state index in [4.69, 9.17) is 18.0 Å². The highest BCUT2D eigenvalue weighted by molar-refractivity contribution is 7.71. The molecular formula is C11H8F3N3OS. The molecule has 0 bridgehead atoms. The van der Waals surface area contributed by atoms with Crippen LogP contribution in [-0.4, -0.2) is 9.97 Å². The molecule has 1 heterocycles. The summed E-state index contributed by atoms with van der Waals surface area (Å²) in [6.45, 7) is 0. The van der Waals surface area contributed by atoms with Gasteiger partial charge >= 0.3 is 6.18 Å². The van der Waals surface area contributed by atoms with Crippen LogP contribution in [0.5, 0.6) is 0 Å². The van der Waals surface area contributed by atoms with Gasteiger partial charge in [-0.25, -0.2) is 0 Å². The van der Waals surface area contributed by atoms with Gasteiger partial charge in [0.1, 0.15) is 5.82 Å². The molecule has 4 nitrogen and oxygen atoms in total. The molecule has 0 aliphatic heterocycles. The number of hydrogen-bond acceptors (Lipinski definition) is 3. The van der Waals surface area contributed by atoms with E-state index in [1.54, 1.807) is 0 Å². The predicted octanol–water partition coefficient (Wildman–Crippen LogP) is 2.70. The Kier molecular flexibility index (Phi) is 3.19. The number of nitrogens with one attached hydrogen (secondary N) is 2. The Morgan fingerprint density at radius 2 is 1.89 bits per heavy atom. The van der Waals surface area contributed by atoms with Crippen molar-refractivity contribution in [3.8, 4) is 11.1 Å². The molecule has 0 aliphatic rings. The van der Waals surface area contributed by atoms with Gasteiger partial charge in [0, 0.05) is 0 Å². The van der Waals surface area contributed by atoms with Gasteiger partial charge in [-0.2, -0.15) is 13.2 Å². The summed E-state index contributed by atoms with van der Waals surface area (Å²) in [5, 5.41) is 0. The fourth-order valence-electron chi connectivity index (χ4n) is 1.64. The quantitative estimate of drug-likeness (QED) is 0.706. The van der Waals surface area contributed by atoms with Crippen LogP contribution >= 0.6 is 12.2 Å². The lowest BCUT2D eigenvalue weighted by molar-refractivity contribution is -0.137. The molecule has 0 fully saturated rings.